The summed E-state index contributed by atoms with van der Waals surface area (Å²) in [6.07, 6.45) is 10.9. The molecule has 0 aromatic carbocycles. The van der Waals surface area contributed by atoms with Crippen molar-refractivity contribution in [3.63, 3.8) is 0 Å². The quantitative estimate of drug-likeness (QED) is 0.913. The number of carbonyl (C=O) groups excluding carboxylic acids is 2. The first-order valence-electron chi connectivity index (χ1n) is 9.77. The monoisotopic (exact) mass is 344 g/mol. The molecule has 1 saturated carbocycles. The van der Waals surface area contributed by atoms with Crippen molar-refractivity contribution in [2.24, 2.45) is 13.0 Å². The number of aromatic nitrogens is 2. The molecule has 0 unspecified atom stereocenters. The predicted molar refractivity (Wildman–Crippen MR) is 93.7 cm³/mol. The second kappa shape index (κ2) is 6.81. The highest BCUT2D eigenvalue weighted by molar-refractivity contribution is 5.89. The Kier molecular flexibility index (Phi) is 4.52. The molecule has 0 bridgehead atoms. The molecule has 2 amide bonds. The molecule has 2 atom stereocenters. The zero-order chi connectivity index (χ0) is 17.4. The lowest BCUT2D eigenvalue weighted by Crippen LogP contribution is -2.48. The van der Waals surface area contributed by atoms with Crippen LogP contribution < -0.4 is 5.32 Å². The van der Waals surface area contributed by atoms with Gasteiger partial charge in [0.1, 0.15) is 6.04 Å². The van der Waals surface area contributed by atoms with Gasteiger partial charge < -0.3 is 10.2 Å². The van der Waals surface area contributed by atoms with E-state index in [4.69, 9.17) is 0 Å². The number of aryl methyl sites for hydroxylation is 1. The summed E-state index contributed by atoms with van der Waals surface area (Å²) in [7, 11) is 1.96. The number of hydrogen-bond donors (Lipinski definition) is 1. The highest BCUT2D eigenvalue weighted by Crippen LogP contribution is 2.32. The fraction of sp³-hybridized carbons (Fsp3) is 0.737. The van der Waals surface area contributed by atoms with Crippen LogP contribution in [0, 0.1) is 5.92 Å². The summed E-state index contributed by atoms with van der Waals surface area (Å²) in [6, 6.07) is -0.246. The van der Waals surface area contributed by atoms with Crippen molar-refractivity contribution in [2.75, 3.05) is 6.54 Å². The van der Waals surface area contributed by atoms with Gasteiger partial charge in [-0.05, 0) is 44.9 Å². The van der Waals surface area contributed by atoms with Crippen molar-refractivity contribution < 1.29 is 9.59 Å². The molecule has 4 rings (SSSR count). The average Bonchev–Trinajstić information content (AvgIpc) is 3.36. The van der Waals surface area contributed by atoms with Gasteiger partial charge in [-0.25, -0.2) is 0 Å². The third-order valence-corrected chi connectivity index (χ3v) is 6.24. The molecule has 1 aliphatic heterocycles. The van der Waals surface area contributed by atoms with Crippen molar-refractivity contribution >= 4 is 11.8 Å². The third-order valence-electron chi connectivity index (χ3n) is 6.24. The highest BCUT2D eigenvalue weighted by Gasteiger charge is 2.38. The molecule has 25 heavy (non-hydrogen) atoms. The van der Waals surface area contributed by atoms with E-state index < -0.39 is 0 Å². The van der Waals surface area contributed by atoms with Crippen LogP contribution in [0.25, 0.3) is 0 Å². The average molecular weight is 344 g/mol. The van der Waals surface area contributed by atoms with Crippen LogP contribution in [-0.4, -0.2) is 39.1 Å². The fourth-order valence-electron chi connectivity index (χ4n) is 4.83. The maximum absolute atomic E-state index is 12.9. The van der Waals surface area contributed by atoms with Gasteiger partial charge in [0.25, 0.3) is 0 Å². The Morgan fingerprint density at radius 3 is 2.72 bits per heavy atom. The number of nitrogens with one attached hydrogen (secondary N) is 1. The summed E-state index contributed by atoms with van der Waals surface area (Å²) in [4.78, 5) is 27.6. The molecule has 1 N–H and O–H groups in total. The Bertz CT molecular complexity index is 662. The van der Waals surface area contributed by atoms with Crippen LogP contribution >= 0.6 is 0 Å². The van der Waals surface area contributed by atoms with E-state index in [0.29, 0.717) is 0 Å². The van der Waals surface area contributed by atoms with E-state index >= 15 is 0 Å². The molecule has 6 heteroatoms. The Balaban J connectivity index is 1.44. The first kappa shape index (κ1) is 16.6. The SMILES string of the molecule is Cn1ncc2c1CCC[C@@H]2NC(=O)[C@H]1CCCN1C(=O)C1CCCC1. The maximum Gasteiger partial charge on any atom is 0.243 e. The molecule has 2 aliphatic carbocycles. The van der Waals surface area contributed by atoms with Gasteiger partial charge in [0, 0.05) is 30.8 Å². The lowest BCUT2D eigenvalue weighted by atomic mass is 9.92. The molecule has 136 valence electrons. The van der Waals surface area contributed by atoms with E-state index in [0.717, 1.165) is 69.9 Å². The molecule has 0 radical (unpaired) electrons. The van der Waals surface area contributed by atoms with Crippen LogP contribution in [0.1, 0.15) is 68.7 Å². The van der Waals surface area contributed by atoms with Crippen LogP contribution in [-0.2, 0) is 23.1 Å². The van der Waals surface area contributed by atoms with Crippen LogP contribution in [0.3, 0.4) is 0 Å². The second-order valence-corrected chi connectivity index (χ2v) is 7.79. The van der Waals surface area contributed by atoms with Crippen LogP contribution in [0.4, 0.5) is 0 Å². The lowest BCUT2D eigenvalue weighted by molar-refractivity contribution is -0.141. The van der Waals surface area contributed by atoms with Gasteiger partial charge in [0.15, 0.2) is 0 Å². The lowest BCUT2D eigenvalue weighted by Gasteiger charge is -2.29. The summed E-state index contributed by atoms with van der Waals surface area (Å²) in [5.41, 5.74) is 2.37. The van der Waals surface area contributed by atoms with E-state index in [1.165, 1.54) is 5.69 Å². The summed E-state index contributed by atoms with van der Waals surface area (Å²) >= 11 is 0. The number of carbonyl (C=O) groups is 2. The van der Waals surface area contributed by atoms with Crippen molar-refractivity contribution in [2.45, 2.75) is 69.9 Å². The van der Waals surface area contributed by atoms with E-state index in [2.05, 4.69) is 10.4 Å². The zero-order valence-corrected chi connectivity index (χ0v) is 15.0. The molecule has 0 spiro atoms. The molecular weight excluding hydrogens is 316 g/mol. The minimum Gasteiger partial charge on any atom is -0.347 e. The van der Waals surface area contributed by atoms with E-state index in [1.807, 2.05) is 22.8 Å². The second-order valence-electron chi connectivity index (χ2n) is 7.79. The van der Waals surface area contributed by atoms with Gasteiger partial charge in [-0.15, -0.1) is 0 Å². The van der Waals surface area contributed by atoms with Crippen molar-refractivity contribution in [1.82, 2.24) is 20.0 Å². The number of likely N-dealkylation sites (tertiary alicyclic amines) is 1. The minimum absolute atomic E-state index is 0.0190. The molecule has 3 aliphatic rings. The molecule has 2 heterocycles. The number of amides is 2. The largest absolute Gasteiger partial charge is 0.347 e. The van der Waals surface area contributed by atoms with E-state index in [-0.39, 0.29) is 29.8 Å². The number of rotatable bonds is 3. The Hall–Kier alpha value is -1.85. The smallest absolute Gasteiger partial charge is 0.243 e. The normalized spacial score (nSPS) is 26.7. The van der Waals surface area contributed by atoms with E-state index in [1.54, 1.807) is 0 Å². The number of nitrogens with zero attached hydrogens (tertiary/aromatic N) is 3. The number of fused-ring (bicyclic) bond motifs is 1. The Morgan fingerprint density at radius 2 is 1.92 bits per heavy atom. The molecule has 1 aromatic rings. The van der Waals surface area contributed by atoms with Crippen LogP contribution in [0.2, 0.25) is 0 Å². The molecule has 1 saturated heterocycles. The standard InChI is InChI=1S/C19H28N4O2/c1-22-16-9-4-8-15(14(16)12-20-22)21-18(24)17-10-5-11-23(17)19(25)13-6-2-3-7-13/h12-13,15,17H,2-11H2,1H3,(H,21,24)/t15-,17+/m0/s1. The summed E-state index contributed by atoms with van der Waals surface area (Å²) in [6.45, 7) is 0.732. The highest BCUT2D eigenvalue weighted by atomic mass is 16.2. The van der Waals surface area contributed by atoms with Gasteiger partial charge in [0.2, 0.25) is 11.8 Å². The van der Waals surface area contributed by atoms with E-state index in [9.17, 15) is 9.59 Å². The van der Waals surface area contributed by atoms with Crippen molar-refractivity contribution in [1.29, 1.82) is 0 Å². The summed E-state index contributed by atoms with van der Waals surface area (Å²) < 4.78 is 1.92. The van der Waals surface area contributed by atoms with Crippen LogP contribution in [0.5, 0.6) is 0 Å². The first-order valence-corrected chi connectivity index (χ1v) is 9.77. The molecule has 2 fully saturated rings. The fourth-order valence-corrected chi connectivity index (χ4v) is 4.83. The maximum atomic E-state index is 12.9. The predicted octanol–water partition coefficient (Wildman–Crippen LogP) is 2.09. The van der Waals surface area contributed by atoms with Gasteiger partial charge in [-0.1, -0.05) is 12.8 Å². The summed E-state index contributed by atoms with van der Waals surface area (Å²) in [5, 5.41) is 7.57. The third kappa shape index (κ3) is 3.07. The minimum atomic E-state index is -0.282. The topological polar surface area (TPSA) is 67.2 Å². The Morgan fingerprint density at radius 1 is 1.12 bits per heavy atom. The summed E-state index contributed by atoms with van der Waals surface area (Å²) in [5.74, 6) is 0.374. The van der Waals surface area contributed by atoms with Gasteiger partial charge in [-0.3, -0.25) is 14.3 Å². The van der Waals surface area contributed by atoms with Gasteiger partial charge >= 0.3 is 0 Å². The molecule has 1 aromatic heterocycles. The Labute approximate surface area is 148 Å². The van der Waals surface area contributed by atoms with Crippen molar-refractivity contribution in [3.8, 4) is 0 Å². The molecule has 6 nitrogen and oxygen atoms in total. The number of hydrogen-bond acceptors (Lipinski definition) is 3. The van der Waals surface area contributed by atoms with Crippen molar-refractivity contribution in [3.05, 3.63) is 17.5 Å². The van der Waals surface area contributed by atoms with Crippen LogP contribution in [0.15, 0.2) is 6.20 Å². The van der Waals surface area contributed by atoms with Gasteiger partial charge in [0.05, 0.1) is 12.2 Å². The molecular formula is C19H28N4O2. The first-order chi connectivity index (χ1) is 12.1. The zero-order valence-electron chi connectivity index (χ0n) is 15.0. The van der Waals surface area contributed by atoms with Gasteiger partial charge in [-0.2, -0.15) is 5.10 Å².